The summed E-state index contributed by atoms with van der Waals surface area (Å²) in [5.74, 6) is 0. The second-order valence-electron chi connectivity index (χ2n) is 4.93. The lowest BCUT2D eigenvalue weighted by molar-refractivity contribution is 0.0904. The topological polar surface area (TPSA) is 39.1 Å². The van der Waals surface area contributed by atoms with Crippen LogP contribution in [-0.4, -0.2) is 29.0 Å². The molecule has 1 saturated heterocycles. The molecule has 1 aromatic carbocycles. The number of hydrogen-bond acceptors (Lipinski definition) is 3. The molecule has 1 aliphatic rings. The first-order valence-electron chi connectivity index (χ1n) is 6.81. The molecule has 19 heavy (non-hydrogen) atoms. The molecule has 1 N–H and O–H groups in total. The van der Waals surface area contributed by atoms with Gasteiger partial charge in [-0.15, -0.1) is 0 Å². The lowest BCUT2D eigenvalue weighted by atomic mass is 10.1. The minimum absolute atomic E-state index is 0.547. The molecule has 0 unspecified atom stereocenters. The Morgan fingerprint density at radius 2 is 2.00 bits per heavy atom. The van der Waals surface area contributed by atoms with Gasteiger partial charge in [-0.1, -0.05) is 12.1 Å². The Balaban J connectivity index is 1.58. The summed E-state index contributed by atoms with van der Waals surface area (Å²) in [6.07, 6.45) is 5.97. The third-order valence-corrected chi connectivity index (χ3v) is 3.45. The van der Waals surface area contributed by atoms with E-state index in [9.17, 15) is 0 Å². The first-order valence-corrected chi connectivity index (χ1v) is 6.81. The third kappa shape index (κ3) is 3.35. The van der Waals surface area contributed by atoms with Gasteiger partial charge >= 0.3 is 0 Å². The minimum Gasteiger partial charge on any atom is -0.382 e. The Kier molecular flexibility index (Phi) is 3.79. The summed E-state index contributed by atoms with van der Waals surface area (Å²) in [6, 6.07) is 11.1. The molecule has 2 aromatic rings. The molecule has 0 saturated carbocycles. The largest absolute Gasteiger partial charge is 0.382 e. The number of hydrogen-bond donors (Lipinski definition) is 1. The zero-order valence-electron chi connectivity index (χ0n) is 11.0. The van der Waals surface area contributed by atoms with E-state index in [4.69, 9.17) is 4.74 Å². The molecule has 0 radical (unpaired) electrons. The Morgan fingerprint density at radius 3 is 2.68 bits per heavy atom. The molecular formula is C15H19N3O. The summed E-state index contributed by atoms with van der Waals surface area (Å²) < 4.78 is 7.30. The Bertz CT molecular complexity index is 487. The number of aromatic nitrogens is 2. The van der Waals surface area contributed by atoms with Gasteiger partial charge in [-0.05, 0) is 36.6 Å². The second-order valence-corrected chi connectivity index (χ2v) is 4.93. The standard InChI is InChI=1S/C15H19N3O/c1-8-16-18(9-1)12-13-2-4-14(5-3-13)17-15-6-10-19-11-7-15/h1-5,8-9,15,17H,6-7,10-12H2. The van der Waals surface area contributed by atoms with E-state index in [0.717, 1.165) is 32.6 Å². The van der Waals surface area contributed by atoms with Crippen molar-refractivity contribution in [2.75, 3.05) is 18.5 Å². The third-order valence-electron chi connectivity index (χ3n) is 3.45. The van der Waals surface area contributed by atoms with Crippen molar-refractivity contribution in [3.8, 4) is 0 Å². The van der Waals surface area contributed by atoms with Gasteiger partial charge in [-0.3, -0.25) is 4.68 Å². The number of rotatable bonds is 4. The fourth-order valence-corrected chi connectivity index (χ4v) is 2.37. The van der Waals surface area contributed by atoms with E-state index in [2.05, 4.69) is 34.7 Å². The lowest BCUT2D eigenvalue weighted by Gasteiger charge is -2.24. The molecule has 0 atom stereocenters. The van der Waals surface area contributed by atoms with Crippen LogP contribution in [0.4, 0.5) is 5.69 Å². The van der Waals surface area contributed by atoms with Crippen molar-refractivity contribution in [3.05, 3.63) is 48.3 Å². The van der Waals surface area contributed by atoms with Gasteiger partial charge in [0.2, 0.25) is 0 Å². The average molecular weight is 257 g/mol. The summed E-state index contributed by atoms with van der Waals surface area (Å²) >= 11 is 0. The number of anilines is 1. The molecule has 0 spiro atoms. The first kappa shape index (κ1) is 12.2. The zero-order chi connectivity index (χ0) is 12.9. The Morgan fingerprint density at radius 1 is 1.21 bits per heavy atom. The van der Waals surface area contributed by atoms with Crippen LogP contribution < -0.4 is 5.32 Å². The van der Waals surface area contributed by atoms with Crippen molar-refractivity contribution in [2.45, 2.75) is 25.4 Å². The van der Waals surface area contributed by atoms with Gasteiger partial charge in [0.05, 0.1) is 6.54 Å². The maximum atomic E-state index is 5.37. The fourth-order valence-electron chi connectivity index (χ4n) is 2.37. The molecule has 100 valence electrons. The average Bonchev–Trinajstić information content (AvgIpc) is 2.95. The molecule has 0 amide bonds. The quantitative estimate of drug-likeness (QED) is 0.914. The van der Waals surface area contributed by atoms with Crippen LogP contribution in [-0.2, 0) is 11.3 Å². The molecule has 4 heteroatoms. The normalized spacial score (nSPS) is 16.4. The predicted molar refractivity (Wildman–Crippen MR) is 75.2 cm³/mol. The maximum absolute atomic E-state index is 5.37. The smallest absolute Gasteiger partial charge is 0.0659 e. The van der Waals surface area contributed by atoms with Crippen LogP contribution in [0.5, 0.6) is 0 Å². The van der Waals surface area contributed by atoms with Gasteiger partial charge < -0.3 is 10.1 Å². The molecule has 3 rings (SSSR count). The van der Waals surface area contributed by atoms with E-state index >= 15 is 0 Å². The van der Waals surface area contributed by atoms with E-state index in [1.165, 1.54) is 11.3 Å². The van der Waals surface area contributed by atoms with Crippen molar-refractivity contribution in [2.24, 2.45) is 0 Å². The summed E-state index contributed by atoms with van der Waals surface area (Å²) in [5, 5.41) is 7.78. The summed E-state index contributed by atoms with van der Waals surface area (Å²) in [4.78, 5) is 0. The summed E-state index contributed by atoms with van der Waals surface area (Å²) in [5.41, 5.74) is 2.46. The number of nitrogens with zero attached hydrogens (tertiary/aromatic N) is 2. The van der Waals surface area contributed by atoms with E-state index in [1.54, 1.807) is 6.20 Å². The molecule has 0 bridgehead atoms. The highest BCUT2D eigenvalue weighted by Gasteiger charge is 2.12. The van der Waals surface area contributed by atoms with Crippen LogP contribution in [0.3, 0.4) is 0 Å². The van der Waals surface area contributed by atoms with E-state index in [0.29, 0.717) is 6.04 Å². The summed E-state index contributed by atoms with van der Waals surface area (Å²) in [6.45, 7) is 2.56. The highest BCUT2D eigenvalue weighted by atomic mass is 16.5. The maximum Gasteiger partial charge on any atom is 0.0659 e. The number of ether oxygens (including phenoxy) is 1. The van der Waals surface area contributed by atoms with Gasteiger partial charge in [-0.2, -0.15) is 5.10 Å². The van der Waals surface area contributed by atoms with E-state index in [-0.39, 0.29) is 0 Å². The molecule has 1 fully saturated rings. The monoisotopic (exact) mass is 257 g/mol. The van der Waals surface area contributed by atoms with Crippen LogP contribution in [0.2, 0.25) is 0 Å². The predicted octanol–water partition coefficient (Wildman–Crippen LogP) is 2.52. The van der Waals surface area contributed by atoms with Crippen LogP contribution in [0.15, 0.2) is 42.7 Å². The SMILES string of the molecule is c1cnn(Cc2ccc(NC3CCOCC3)cc2)c1. The van der Waals surface area contributed by atoms with Gasteiger partial charge in [-0.25, -0.2) is 0 Å². The highest BCUT2D eigenvalue weighted by molar-refractivity contribution is 5.45. The highest BCUT2D eigenvalue weighted by Crippen LogP contribution is 2.16. The minimum atomic E-state index is 0.547. The zero-order valence-corrected chi connectivity index (χ0v) is 11.0. The van der Waals surface area contributed by atoms with Crippen molar-refractivity contribution < 1.29 is 4.74 Å². The fraction of sp³-hybridized carbons (Fsp3) is 0.400. The van der Waals surface area contributed by atoms with Crippen LogP contribution in [0.1, 0.15) is 18.4 Å². The first-order chi connectivity index (χ1) is 9.40. The molecule has 4 nitrogen and oxygen atoms in total. The van der Waals surface area contributed by atoms with Crippen molar-refractivity contribution in [1.29, 1.82) is 0 Å². The van der Waals surface area contributed by atoms with Gasteiger partial charge in [0.1, 0.15) is 0 Å². The van der Waals surface area contributed by atoms with Gasteiger partial charge in [0.15, 0.2) is 0 Å². The molecule has 1 aliphatic heterocycles. The summed E-state index contributed by atoms with van der Waals surface area (Å²) in [7, 11) is 0. The van der Waals surface area contributed by atoms with Crippen molar-refractivity contribution in [3.63, 3.8) is 0 Å². The van der Waals surface area contributed by atoms with Gasteiger partial charge in [0.25, 0.3) is 0 Å². The van der Waals surface area contributed by atoms with Crippen LogP contribution >= 0.6 is 0 Å². The van der Waals surface area contributed by atoms with E-state index in [1.807, 2.05) is 16.9 Å². The second kappa shape index (κ2) is 5.89. The van der Waals surface area contributed by atoms with Crippen LogP contribution in [0.25, 0.3) is 0 Å². The molecule has 2 heterocycles. The van der Waals surface area contributed by atoms with Crippen molar-refractivity contribution in [1.82, 2.24) is 9.78 Å². The lowest BCUT2D eigenvalue weighted by Crippen LogP contribution is -2.27. The number of nitrogens with one attached hydrogen (secondary N) is 1. The Labute approximate surface area is 113 Å². The molecule has 1 aromatic heterocycles. The van der Waals surface area contributed by atoms with Crippen LogP contribution in [0, 0.1) is 0 Å². The number of benzene rings is 1. The van der Waals surface area contributed by atoms with Crippen molar-refractivity contribution >= 4 is 5.69 Å². The Hall–Kier alpha value is -1.81. The molecular weight excluding hydrogens is 238 g/mol. The van der Waals surface area contributed by atoms with E-state index < -0.39 is 0 Å². The molecule has 0 aliphatic carbocycles. The van der Waals surface area contributed by atoms with Gasteiger partial charge in [0, 0.05) is 37.3 Å².